The van der Waals surface area contributed by atoms with Crippen molar-refractivity contribution < 1.29 is 4.39 Å². The molecule has 0 radical (unpaired) electrons. The average molecular weight is 309 g/mol. The molecular weight excluding hydrogens is 292 g/mol. The minimum atomic E-state index is -0.229. The highest BCUT2D eigenvalue weighted by atomic mass is 79.9. The predicted octanol–water partition coefficient (Wildman–Crippen LogP) is 3.94. The summed E-state index contributed by atoms with van der Waals surface area (Å²) in [7, 11) is 0. The maximum absolute atomic E-state index is 12.8. The molecule has 0 spiro atoms. The van der Waals surface area contributed by atoms with Crippen LogP contribution in [0, 0.1) is 11.7 Å². The highest BCUT2D eigenvalue weighted by molar-refractivity contribution is 9.10. The van der Waals surface area contributed by atoms with Crippen LogP contribution in [-0.2, 0) is 6.54 Å². The SMILES string of the molecule is CC(C)C(Cl)CNCc1ccc(F)cc1Br. The van der Waals surface area contributed by atoms with Crippen molar-refractivity contribution in [1.29, 1.82) is 0 Å². The van der Waals surface area contributed by atoms with Gasteiger partial charge in [0.05, 0.1) is 0 Å². The molecule has 0 aliphatic carbocycles. The van der Waals surface area contributed by atoms with Gasteiger partial charge in [0.1, 0.15) is 5.82 Å². The Morgan fingerprint density at radius 3 is 2.69 bits per heavy atom. The molecule has 0 aliphatic heterocycles. The number of alkyl halides is 1. The predicted molar refractivity (Wildman–Crippen MR) is 70.3 cm³/mol. The van der Waals surface area contributed by atoms with Crippen molar-refractivity contribution in [3.63, 3.8) is 0 Å². The van der Waals surface area contributed by atoms with Gasteiger partial charge in [-0.05, 0) is 23.6 Å². The Morgan fingerprint density at radius 1 is 1.44 bits per heavy atom. The Morgan fingerprint density at radius 2 is 2.12 bits per heavy atom. The number of benzene rings is 1. The van der Waals surface area contributed by atoms with Crippen LogP contribution in [0.1, 0.15) is 19.4 Å². The molecule has 0 heterocycles. The van der Waals surface area contributed by atoms with Crippen LogP contribution in [0.25, 0.3) is 0 Å². The molecule has 1 nitrogen and oxygen atoms in total. The molecule has 0 aliphatic rings. The van der Waals surface area contributed by atoms with Crippen molar-refractivity contribution in [2.75, 3.05) is 6.54 Å². The minimum absolute atomic E-state index is 0.124. The van der Waals surface area contributed by atoms with E-state index in [1.807, 2.05) is 0 Å². The van der Waals surface area contributed by atoms with Crippen molar-refractivity contribution in [3.8, 4) is 0 Å². The number of nitrogens with one attached hydrogen (secondary N) is 1. The Labute approximate surface area is 110 Å². The zero-order valence-electron chi connectivity index (χ0n) is 9.43. The van der Waals surface area contributed by atoms with Crippen LogP contribution in [-0.4, -0.2) is 11.9 Å². The second kappa shape index (κ2) is 6.58. The van der Waals surface area contributed by atoms with E-state index in [0.717, 1.165) is 16.6 Å². The van der Waals surface area contributed by atoms with Crippen LogP contribution >= 0.6 is 27.5 Å². The zero-order valence-corrected chi connectivity index (χ0v) is 11.8. The van der Waals surface area contributed by atoms with Gasteiger partial charge in [0.2, 0.25) is 0 Å². The second-order valence-corrected chi connectivity index (χ2v) is 5.54. The first kappa shape index (κ1) is 13.9. The first-order valence-corrected chi connectivity index (χ1v) is 6.52. The van der Waals surface area contributed by atoms with Crippen molar-refractivity contribution in [3.05, 3.63) is 34.1 Å². The van der Waals surface area contributed by atoms with Crippen LogP contribution < -0.4 is 5.32 Å². The quantitative estimate of drug-likeness (QED) is 0.812. The first-order valence-electron chi connectivity index (χ1n) is 5.29. The Balaban J connectivity index is 2.43. The molecule has 0 saturated heterocycles. The molecule has 4 heteroatoms. The Hall–Kier alpha value is -0.120. The standard InChI is InChI=1S/C12H16BrClFN/c1-8(2)12(14)7-16-6-9-3-4-10(15)5-11(9)13/h3-5,8,12,16H,6-7H2,1-2H3. The molecule has 0 aromatic heterocycles. The third-order valence-electron chi connectivity index (χ3n) is 2.39. The van der Waals surface area contributed by atoms with Gasteiger partial charge in [-0.25, -0.2) is 4.39 Å². The average Bonchev–Trinajstić information content (AvgIpc) is 2.20. The van der Waals surface area contributed by atoms with Gasteiger partial charge in [-0.15, -0.1) is 11.6 Å². The number of hydrogen-bond donors (Lipinski definition) is 1. The van der Waals surface area contributed by atoms with E-state index >= 15 is 0 Å². The molecule has 0 fully saturated rings. The van der Waals surface area contributed by atoms with Crippen molar-refractivity contribution in [1.82, 2.24) is 5.32 Å². The molecule has 90 valence electrons. The van der Waals surface area contributed by atoms with E-state index in [2.05, 4.69) is 35.1 Å². The summed E-state index contributed by atoms with van der Waals surface area (Å²) in [6.07, 6.45) is 0. The second-order valence-electron chi connectivity index (χ2n) is 4.13. The summed E-state index contributed by atoms with van der Waals surface area (Å²) in [6.45, 7) is 5.63. The molecule has 1 N–H and O–H groups in total. The van der Waals surface area contributed by atoms with Crippen LogP contribution in [0.2, 0.25) is 0 Å². The molecule has 1 aromatic rings. The Bertz CT molecular complexity index is 344. The van der Waals surface area contributed by atoms with E-state index < -0.39 is 0 Å². The molecule has 1 atom stereocenters. The van der Waals surface area contributed by atoms with Gasteiger partial charge in [-0.3, -0.25) is 0 Å². The van der Waals surface area contributed by atoms with E-state index in [9.17, 15) is 4.39 Å². The lowest BCUT2D eigenvalue weighted by Crippen LogP contribution is -2.26. The van der Waals surface area contributed by atoms with Gasteiger partial charge in [-0.1, -0.05) is 35.8 Å². The lowest BCUT2D eigenvalue weighted by atomic mass is 10.1. The smallest absolute Gasteiger partial charge is 0.124 e. The summed E-state index contributed by atoms with van der Waals surface area (Å²) in [5, 5.41) is 3.38. The molecule has 1 unspecified atom stereocenters. The highest BCUT2D eigenvalue weighted by Gasteiger charge is 2.09. The van der Waals surface area contributed by atoms with Crippen molar-refractivity contribution in [2.45, 2.75) is 25.8 Å². The molecule has 16 heavy (non-hydrogen) atoms. The number of rotatable bonds is 5. The third-order valence-corrected chi connectivity index (χ3v) is 3.79. The number of halogens is 3. The van der Waals surface area contributed by atoms with E-state index in [0.29, 0.717) is 12.5 Å². The van der Waals surface area contributed by atoms with Gasteiger partial charge < -0.3 is 5.32 Å². The lowest BCUT2D eigenvalue weighted by Gasteiger charge is -2.14. The summed E-state index contributed by atoms with van der Waals surface area (Å²) < 4.78 is 13.6. The van der Waals surface area contributed by atoms with Crippen molar-refractivity contribution >= 4 is 27.5 Å². The fourth-order valence-electron chi connectivity index (χ4n) is 1.25. The summed E-state index contributed by atoms with van der Waals surface area (Å²) in [6, 6.07) is 4.70. The summed E-state index contributed by atoms with van der Waals surface area (Å²) in [5.74, 6) is 0.221. The topological polar surface area (TPSA) is 12.0 Å². The highest BCUT2D eigenvalue weighted by Crippen LogP contribution is 2.18. The fraction of sp³-hybridized carbons (Fsp3) is 0.500. The monoisotopic (exact) mass is 307 g/mol. The van der Waals surface area contributed by atoms with E-state index in [4.69, 9.17) is 11.6 Å². The lowest BCUT2D eigenvalue weighted by molar-refractivity contribution is 0.545. The van der Waals surface area contributed by atoms with E-state index in [1.165, 1.54) is 12.1 Å². The van der Waals surface area contributed by atoms with Gasteiger partial charge >= 0.3 is 0 Å². The van der Waals surface area contributed by atoms with E-state index in [-0.39, 0.29) is 11.2 Å². The van der Waals surface area contributed by atoms with Gasteiger partial charge in [-0.2, -0.15) is 0 Å². The fourth-order valence-corrected chi connectivity index (χ4v) is 1.85. The molecule has 0 saturated carbocycles. The molecule has 0 amide bonds. The van der Waals surface area contributed by atoms with Crippen LogP contribution in [0.3, 0.4) is 0 Å². The van der Waals surface area contributed by atoms with Crippen LogP contribution in [0.5, 0.6) is 0 Å². The minimum Gasteiger partial charge on any atom is -0.311 e. The molecule has 1 rings (SSSR count). The van der Waals surface area contributed by atoms with Crippen LogP contribution in [0.4, 0.5) is 4.39 Å². The molecule has 0 bridgehead atoms. The molecular formula is C12H16BrClFN. The summed E-state index contributed by atoms with van der Waals surface area (Å²) in [4.78, 5) is 0. The largest absolute Gasteiger partial charge is 0.311 e. The van der Waals surface area contributed by atoms with E-state index in [1.54, 1.807) is 6.07 Å². The van der Waals surface area contributed by atoms with Gasteiger partial charge in [0.15, 0.2) is 0 Å². The van der Waals surface area contributed by atoms with Crippen molar-refractivity contribution in [2.24, 2.45) is 5.92 Å². The van der Waals surface area contributed by atoms with Crippen LogP contribution in [0.15, 0.2) is 22.7 Å². The third kappa shape index (κ3) is 4.40. The summed E-state index contributed by atoms with van der Waals surface area (Å²) in [5.41, 5.74) is 1.04. The van der Waals surface area contributed by atoms with Gasteiger partial charge in [0, 0.05) is 22.9 Å². The zero-order chi connectivity index (χ0) is 12.1. The maximum Gasteiger partial charge on any atom is 0.124 e. The van der Waals surface area contributed by atoms with Gasteiger partial charge in [0.25, 0.3) is 0 Å². The first-order chi connectivity index (χ1) is 7.50. The Kier molecular flexibility index (Phi) is 5.73. The number of hydrogen-bond acceptors (Lipinski definition) is 1. The molecule has 1 aromatic carbocycles. The maximum atomic E-state index is 12.8. The normalized spacial score (nSPS) is 13.1. The summed E-state index contributed by atoms with van der Waals surface area (Å²) >= 11 is 9.44.